The van der Waals surface area contributed by atoms with Gasteiger partial charge in [-0.2, -0.15) is 0 Å². The highest BCUT2D eigenvalue weighted by molar-refractivity contribution is 6.99. The lowest BCUT2D eigenvalue weighted by Crippen LogP contribution is -2.68. The normalized spacial score (nSPS) is 17.6. The van der Waals surface area contributed by atoms with Gasteiger partial charge in [-0.15, -0.1) is 0 Å². The highest BCUT2D eigenvalue weighted by Gasteiger charge is 2.51. The van der Waals surface area contributed by atoms with Gasteiger partial charge >= 0.3 is 5.97 Å². The zero-order valence-electron chi connectivity index (χ0n) is 25.7. The van der Waals surface area contributed by atoms with Gasteiger partial charge in [0.2, 0.25) is 9.70 Å². The van der Waals surface area contributed by atoms with Crippen LogP contribution in [0.1, 0.15) is 47.5 Å². The largest absolute Gasteiger partial charge is 0.460 e. The smallest absolute Gasteiger partial charge is 0.325 e. The van der Waals surface area contributed by atoms with Crippen molar-refractivity contribution in [3.63, 3.8) is 0 Å². The van der Waals surface area contributed by atoms with Gasteiger partial charge in [0.15, 0.2) is 0 Å². The summed E-state index contributed by atoms with van der Waals surface area (Å²) in [5, 5.41) is 16.1. The average molecular weight is 687 g/mol. The second-order valence-corrected chi connectivity index (χ2v) is 19.1. The molecule has 1 aliphatic rings. The molecule has 0 aliphatic carbocycles. The van der Waals surface area contributed by atoms with Crippen LogP contribution in [0, 0.1) is 5.92 Å². The second-order valence-electron chi connectivity index (χ2n) is 12.3. The number of amides is 2. The lowest BCUT2D eigenvalue weighted by Gasteiger charge is -2.44. The first-order chi connectivity index (χ1) is 20.6. The van der Waals surface area contributed by atoms with Crippen molar-refractivity contribution in [3.05, 3.63) is 60.7 Å². The Morgan fingerprint density at radius 3 is 2.05 bits per heavy atom. The summed E-state index contributed by atoms with van der Waals surface area (Å²) in [5.74, 6) is -2.27. The van der Waals surface area contributed by atoms with E-state index in [0.717, 1.165) is 10.4 Å². The van der Waals surface area contributed by atoms with E-state index in [9.17, 15) is 19.5 Å². The molecule has 9 nitrogen and oxygen atoms in total. The summed E-state index contributed by atoms with van der Waals surface area (Å²) in [4.78, 5) is 39.8. The number of hydrogen-bond acceptors (Lipinski definition) is 7. The van der Waals surface area contributed by atoms with E-state index in [2.05, 4.69) is 31.5 Å². The predicted octanol–water partition coefficient (Wildman–Crippen LogP) is 3.47. The second kappa shape index (κ2) is 15.4. The molecular weight excluding hydrogens is 645 g/mol. The molecule has 1 saturated heterocycles. The van der Waals surface area contributed by atoms with Crippen molar-refractivity contribution < 1.29 is 28.7 Å². The number of benzene rings is 2. The lowest BCUT2D eigenvalue weighted by molar-refractivity contribution is -0.153. The molecule has 3 N–H and O–H groups in total. The van der Waals surface area contributed by atoms with E-state index in [0.29, 0.717) is 12.8 Å². The van der Waals surface area contributed by atoms with Crippen LogP contribution in [0.4, 0.5) is 0 Å². The van der Waals surface area contributed by atoms with Gasteiger partial charge in [0.1, 0.15) is 24.8 Å². The number of aliphatic hydroxyl groups excluding tert-OH is 1. The van der Waals surface area contributed by atoms with Crippen LogP contribution in [-0.2, 0) is 23.5 Å². The minimum Gasteiger partial charge on any atom is -0.460 e. The van der Waals surface area contributed by atoms with Gasteiger partial charge in [-0.1, -0.05) is 130 Å². The number of aliphatic hydroxyl groups is 1. The predicted molar refractivity (Wildman–Crippen MR) is 175 cm³/mol. The molecule has 13 heteroatoms. The van der Waals surface area contributed by atoms with Crippen LogP contribution >= 0.6 is 34.8 Å². The molecular formula is C31H42Cl3N3O6Si. The average Bonchev–Trinajstić information content (AvgIpc) is 2.98. The third kappa shape index (κ3) is 9.19. The Morgan fingerprint density at radius 2 is 1.57 bits per heavy atom. The number of nitrogens with zero attached hydrogens (tertiary/aromatic N) is 1. The molecule has 0 aromatic heterocycles. The molecule has 0 spiro atoms. The van der Waals surface area contributed by atoms with E-state index in [-0.39, 0.29) is 24.1 Å². The van der Waals surface area contributed by atoms with E-state index in [1.165, 1.54) is 5.01 Å². The number of esters is 1. The summed E-state index contributed by atoms with van der Waals surface area (Å²) in [7, 11) is -3.08. The van der Waals surface area contributed by atoms with Crippen molar-refractivity contribution in [1.82, 2.24) is 15.8 Å². The maximum Gasteiger partial charge on any atom is 0.325 e. The minimum atomic E-state index is -3.08. The Morgan fingerprint density at radius 1 is 1.02 bits per heavy atom. The molecule has 2 amide bonds. The number of carbonyl (C=O) groups excluding carboxylic acids is 3. The Hall–Kier alpha value is -2.18. The summed E-state index contributed by atoms with van der Waals surface area (Å²) in [6.45, 7) is 9.39. The zero-order valence-corrected chi connectivity index (χ0v) is 29.0. The van der Waals surface area contributed by atoms with Gasteiger partial charge in [0.05, 0.1) is 6.61 Å². The van der Waals surface area contributed by atoms with E-state index in [4.69, 9.17) is 44.0 Å². The van der Waals surface area contributed by atoms with Crippen LogP contribution in [0.5, 0.6) is 0 Å². The number of rotatable bonds is 11. The molecule has 1 aliphatic heterocycles. The van der Waals surface area contributed by atoms with Gasteiger partial charge in [0, 0.05) is 6.54 Å². The van der Waals surface area contributed by atoms with Gasteiger partial charge in [-0.3, -0.25) is 19.4 Å². The SMILES string of the molecule is CC(C)[C@H](O)C(=O)N[C@@H](CO[Si](c1ccccc1)(c1ccccc1)C(C)(C)C)C(=O)N1CCC[C@@H](C(=O)OCC(Cl)(Cl)Cl)N1. The maximum absolute atomic E-state index is 14.0. The standard InChI is InChI=1S/C31H42Cl3N3O6Si/c1-21(2)26(38)27(39)35-25(28(40)37-18-12-17-24(36-37)29(41)42-20-31(32,33)34)19-43-44(30(3,4)5,22-13-8-6-9-14-22)23-15-10-7-11-16-23/h6-11,13-16,21,24-26,36,38H,12,17-20H2,1-5H3,(H,35,39)/t24-,25-,26-/m0/s1. The molecule has 1 heterocycles. The summed E-state index contributed by atoms with van der Waals surface area (Å²) >= 11 is 17.2. The molecule has 44 heavy (non-hydrogen) atoms. The number of ether oxygens (including phenoxy) is 1. The Balaban J connectivity index is 1.95. The molecule has 1 fully saturated rings. The molecule has 0 saturated carbocycles. The number of nitrogens with one attached hydrogen (secondary N) is 2. The fraction of sp³-hybridized carbons (Fsp3) is 0.516. The lowest BCUT2D eigenvalue weighted by atomic mass is 10.1. The molecule has 0 bridgehead atoms. The summed E-state index contributed by atoms with van der Waals surface area (Å²) in [5.41, 5.74) is 2.91. The highest BCUT2D eigenvalue weighted by atomic mass is 35.6. The molecule has 0 radical (unpaired) electrons. The van der Waals surface area contributed by atoms with E-state index < -0.39 is 54.7 Å². The first-order valence-electron chi connectivity index (χ1n) is 14.6. The van der Waals surface area contributed by atoms with Crippen molar-refractivity contribution in [1.29, 1.82) is 0 Å². The zero-order chi connectivity index (χ0) is 32.7. The van der Waals surface area contributed by atoms with Crippen LogP contribution in [0.2, 0.25) is 5.04 Å². The molecule has 0 unspecified atom stereocenters. The van der Waals surface area contributed by atoms with Crippen molar-refractivity contribution in [2.24, 2.45) is 5.92 Å². The fourth-order valence-electron chi connectivity index (χ4n) is 5.26. The Labute approximate surface area is 275 Å². The monoisotopic (exact) mass is 685 g/mol. The molecule has 3 atom stereocenters. The van der Waals surface area contributed by atoms with E-state index in [1.807, 2.05) is 60.7 Å². The van der Waals surface area contributed by atoms with Crippen LogP contribution < -0.4 is 21.1 Å². The van der Waals surface area contributed by atoms with Gasteiger partial charge < -0.3 is 19.6 Å². The van der Waals surface area contributed by atoms with Gasteiger partial charge in [-0.25, -0.2) is 5.43 Å². The summed E-state index contributed by atoms with van der Waals surface area (Å²) < 4.78 is 10.3. The molecule has 2 aromatic rings. The van der Waals surface area contributed by atoms with Crippen LogP contribution in [-0.4, -0.2) is 78.0 Å². The topological polar surface area (TPSA) is 117 Å². The molecule has 3 rings (SSSR count). The quantitative estimate of drug-likeness (QED) is 0.188. The first-order valence-corrected chi connectivity index (χ1v) is 17.7. The Kier molecular flexibility index (Phi) is 12.7. The summed E-state index contributed by atoms with van der Waals surface area (Å²) in [6.07, 6.45) is -0.460. The summed E-state index contributed by atoms with van der Waals surface area (Å²) in [6, 6.07) is 17.8. The van der Waals surface area contributed by atoms with Crippen molar-refractivity contribution in [2.75, 3.05) is 19.8 Å². The number of hydrogen-bond donors (Lipinski definition) is 3. The number of alkyl halides is 3. The first kappa shape index (κ1) is 36.3. The minimum absolute atomic E-state index is 0.177. The van der Waals surface area contributed by atoms with Crippen LogP contribution in [0.3, 0.4) is 0 Å². The fourth-order valence-corrected chi connectivity index (χ4v) is 10.00. The van der Waals surface area contributed by atoms with Crippen LogP contribution in [0.25, 0.3) is 0 Å². The van der Waals surface area contributed by atoms with Crippen molar-refractivity contribution in [3.8, 4) is 0 Å². The van der Waals surface area contributed by atoms with Gasteiger partial charge in [-0.05, 0) is 34.2 Å². The van der Waals surface area contributed by atoms with Crippen LogP contribution in [0.15, 0.2) is 60.7 Å². The van der Waals surface area contributed by atoms with E-state index >= 15 is 0 Å². The third-order valence-electron chi connectivity index (χ3n) is 7.51. The van der Waals surface area contributed by atoms with E-state index in [1.54, 1.807) is 13.8 Å². The van der Waals surface area contributed by atoms with Crippen molar-refractivity contribution >= 4 is 71.3 Å². The van der Waals surface area contributed by atoms with Gasteiger partial charge in [0.25, 0.3) is 14.2 Å². The maximum atomic E-state index is 14.0. The number of carbonyl (C=O) groups is 3. The van der Waals surface area contributed by atoms with Crippen molar-refractivity contribution in [2.45, 2.75) is 74.5 Å². The number of hydrazine groups is 1. The molecule has 2 aromatic carbocycles. The number of halogens is 3. The Bertz CT molecular complexity index is 1220. The highest BCUT2D eigenvalue weighted by Crippen LogP contribution is 2.37. The third-order valence-corrected chi connectivity index (χ3v) is 12.8. The molecule has 242 valence electrons.